The van der Waals surface area contributed by atoms with Crippen molar-refractivity contribution in [2.75, 3.05) is 32.7 Å². The molecule has 0 aliphatic carbocycles. The summed E-state index contributed by atoms with van der Waals surface area (Å²) in [4.78, 5) is 16.9. The average Bonchev–Trinajstić information content (AvgIpc) is 3.35. The minimum Gasteiger partial charge on any atom is -0.340 e. The molecule has 2 aromatic carbocycles. The van der Waals surface area contributed by atoms with Gasteiger partial charge in [0.05, 0.1) is 17.7 Å². The summed E-state index contributed by atoms with van der Waals surface area (Å²) in [5.74, 6) is -0.348. The summed E-state index contributed by atoms with van der Waals surface area (Å²) >= 11 is 0. The fraction of sp³-hybridized carbons (Fsp3) is 0.348. The lowest BCUT2D eigenvalue weighted by atomic mass is 10.00. The minimum absolute atomic E-state index is 0.118. The zero-order valence-electron chi connectivity index (χ0n) is 17.9. The molecule has 0 bridgehead atoms. The van der Waals surface area contributed by atoms with Crippen LogP contribution in [0.1, 0.15) is 22.3 Å². The van der Waals surface area contributed by atoms with Crippen molar-refractivity contribution in [3.05, 3.63) is 70.8 Å². The number of nitrogens with zero attached hydrogens (tertiary/aromatic N) is 7. The number of aromatic nitrogens is 4. The van der Waals surface area contributed by atoms with Crippen LogP contribution < -0.4 is 0 Å². The molecule has 1 amide bonds. The predicted octanol–water partition coefficient (Wildman–Crippen LogP) is 1.91. The average molecular weight is 433 g/mol. The molecule has 1 aliphatic rings. The molecule has 0 radical (unpaired) electrons. The highest BCUT2D eigenvalue weighted by molar-refractivity contribution is 5.79. The van der Waals surface area contributed by atoms with Gasteiger partial charge in [-0.2, -0.15) is 5.26 Å². The van der Waals surface area contributed by atoms with Crippen molar-refractivity contribution in [1.29, 1.82) is 5.26 Å². The van der Waals surface area contributed by atoms with Crippen molar-refractivity contribution >= 4 is 5.91 Å². The van der Waals surface area contributed by atoms with Gasteiger partial charge >= 0.3 is 0 Å². The maximum Gasteiger partial charge on any atom is 0.227 e. The third-order valence-electron chi connectivity index (χ3n) is 5.97. The summed E-state index contributed by atoms with van der Waals surface area (Å²) in [5.41, 5.74) is 3.63. The summed E-state index contributed by atoms with van der Waals surface area (Å²) in [7, 11) is 0. The number of halogens is 1. The molecule has 0 N–H and O–H groups in total. The first-order valence-electron chi connectivity index (χ1n) is 10.6. The van der Waals surface area contributed by atoms with Crippen molar-refractivity contribution in [2.24, 2.45) is 0 Å². The standard InChI is InChI=1S/C23H24FN7O/c1-17-19(4-7-22(24)21(17)15-25)8-9-29-10-12-30(13-11-29)23(32)14-18-2-5-20(6-3-18)31-16-26-27-28-31/h2-7,16H,8-14H2,1H3. The van der Waals surface area contributed by atoms with E-state index in [1.165, 1.54) is 12.4 Å². The fourth-order valence-corrected chi connectivity index (χ4v) is 3.96. The highest BCUT2D eigenvalue weighted by atomic mass is 19.1. The van der Waals surface area contributed by atoms with Crippen LogP contribution in [0.15, 0.2) is 42.7 Å². The van der Waals surface area contributed by atoms with E-state index < -0.39 is 5.82 Å². The van der Waals surface area contributed by atoms with Gasteiger partial charge in [-0.05, 0) is 58.7 Å². The van der Waals surface area contributed by atoms with Crippen LogP contribution in [-0.2, 0) is 17.6 Å². The Morgan fingerprint density at radius 3 is 2.53 bits per heavy atom. The first-order valence-corrected chi connectivity index (χ1v) is 10.6. The van der Waals surface area contributed by atoms with Gasteiger partial charge in [-0.3, -0.25) is 9.69 Å². The van der Waals surface area contributed by atoms with Crippen molar-refractivity contribution in [1.82, 2.24) is 30.0 Å². The van der Waals surface area contributed by atoms with E-state index in [9.17, 15) is 9.18 Å². The highest BCUT2D eigenvalue weighted by Gasteiger charge is 2.21. The van der Waals surface area contributed by atoms with Crippen LogP contribution in [0.4, 0.5) is 4.39 Å². The van der Waals surface area contributed by atoms with Crippen molar-refractivity contribution in [2.45, 2.75) is 19.8 Å². The van der Waals surface area contributed by atoms with E-state index in [1.54, 1.807) is 17.7 Å². The maximum absolute atomic E-state index is 13.7. The van der Waals surface area contributed by atoms with E-state index in [0.717, 1.165) is 42.9 Å². The maximum atomic E-state index is 13.7. The molecule has 1 aliphatic heterocycles. The van der Waals surface area contributed by atoms with E-state index in [2.05, 4.69) is 20.4 Å². The lowest BCUT2D eigenvalue weighted by molar-refractivity contribution is -0.132. The second-order valence-corrected chi connectivity index (χ2v) is 7.89. The molecule has 1 saturated heterocycles. The number of carbonyl (C=O) groups excluding carboxylic acids is 1. The van der Waals surface area contributed by atoms with Crippen LogP contribution in [0.3, 0.4) is 0 Å². The molecule has 164 valence electrons. The third kappa shape index (κ3) is 4.81. The number of tetrazole rings is 1. The Bertz CT molecular complexity index is 1110. The number of amides is 1. The van der Waals surface area contributed by atoms with Gasteiger partial charge in [-0.1, -0.05) is 18.2 Å². The summed E-state index contributed by atoms with van der Waals surface area (Å²) in [6.45, 7) is 5.59. The van der Waals surface area contributed by atoms with Gasteiger partial charge in [0.2, 0.25) is 5.91 Å². The molecule has 0 unspecified atom stereocenters. The Hall–Kier alpha value is -3.64. The van der Waals surface area contributed by atoms with Gasteiger partial charge in [0.15, 0.2) is 0 Å². The van der Waals surface area contributed by atoms with E-state index in [1.807, 2.05) is 35.2 Å². The van der Waals surface area contributed by atoms with Crippen LogP contribution in [-0.4, -0.2) is 68.6 Å². The van der Waals surface area contributed by atoms with Gasteiger partial charge < -0.3 is 4.90 Å². The number of nitriles is 1. The Balaban J connectivity index is 1.26. The highest BCUT2D eigenvalue weighted by Crippen LogP contribution is 2.18. The quantitative estimate of drug-likeness (QED) is 0.590. The van der Waals surface area contributed by atoms with Crippen LogP contribution in [0.25, 0.3) is 5.69 Å². The Kier molecular flexibility index (Phi) is 6.52. The van der Waals surface area contributed by atoms with Crippen molar-refractivity contribution in [3.63, 3.8) is 0 Å². The summed E-state index contributed by atoms with van der Waals surface area (Å²) in [5, 5.41) is 20.2. The lowest BCUT2D eigenvalue weighted by Gasteiger charge is -2.35. The Labute approximate surface area is 185 Å². The van der Waals surface area contributed by atoms with Gasteiger partial charge in [-0.25, -0.2) is 9.07 Å². The van der Waals surface area contributed by atoms with Gasteiger partial charge in [0, 0.05) is 32.7 Å². The largest absolute Gasteiger partial charge is 0.340 e. The monoisotopic (exact) mass is 433 g/mol. The van der Waals surface area contributed by atoms with Gasteiger partial charge in [0.25, 0.3) is 0 Å². The molecule has 1 fully saturated rings. The second kappa shape index (κ2) is 9.66. The van der Waals surface area contributed by atoms with Crippen molar-refractivity contribution in [3.8, 4) is 11.8 Å². The van der Waals surface area contributed by atoms with E-state index in [0.29, 0.717) is 25.1 Å². The molecule has 1 aromatic heterocycles. The molecular formula is C23H24FN7O. The molecule has 3 aromatic rings. The van der Waals surface area contributed by atoms with E-state index in [4.69, 9.17) is 5.26 Å². The number of piperazine rings is 1. The second-order valence-electron chi connectivity index (χ2n) is 7.89. The molecule has 2 heterocycles. The molecule has 0 saturated carbocycles. The van der Waals surface area contributed by atoms with Gasteiger partial charge in [-0.15, -0.1) is 5.10 Å². The molecule has 0 spiro atoms. The number of carbonyl (C=O) groups is 1. The Morgan fingerprint density at radius 1 is 1.12 bits per heavy atom. The first kappa shape index (κ1) is 21.6. The van der Waals surface area contributed by atoms with Crippen LogP contribution in [0.5, 0.6) is 0 Å². The van der Waals surface area contributed by atoms with Crippen LogP contribution in [0.2, 0.25) is 0 Å². The van der Waals surface area contributed by atoms with Crippen LogP contribution in [0, 0.1) is 24.1 Å². The van der Waals surface area contributed by atoms with E-state index in [-0.39, 0.29) is 11.5 Å². The molecule has 4 rings (SSSR count). The number of benzene rings is 2. The Morgan fingerprint density at radius 2 is 1.88 bits per heavy atom. The smallest absolute Gasteiger partial charge is 0.227 e. The normalized spacial score (nSPS) is 14.3. The zero-order valence-corrected chi connectivity index (χ0v) is 17.9. The third-order valence-corrected chi connectivity index (χ3v) is 5.97. The number of hydrogen-bond acceptors (Lipinski definition) is 6. The summed E-state index contributed by atoms with van der Waals surface area (Å²) < 4.78 is 15.3. The van der Waals surface area contributed by atoms with Crippen LogP contribution >= 0.6 is 0 Å². The molecule has 0 atom stereocenters. The summed E-state index contributed by atoms with van der Waals surface area (Å²) in [6.07, 6.45) is 2.64. The SMILES string of the molecule is Cc1c(CCN2CCN(C(=O)Cc3ccc(-n4cnnn4)cc3)CC2)ccc(F)c1C#N. The first-order chi connectivity index (χ1) is 15.5. The number of hydrogen-bond donors (Lipinski definition) is 0. The zero-order chi connectivity index (χ0) is 22.5. The van der Waals surface area contributed by atoms with Crippen molar-refractivity contribution < 1.29 is 9.18 Å². The topological polar surface area (TPSA) is 90.9 Å². The van der Waals surface area contributed by atoms with Gasteiger partial charge in [0.1, 0.15) is 18.2 Å². The fourth-order valence-electron chi connectivity index (χ4n) is 3.96. The van der Waals surface area contributed by atoms with E-state index >= 15 is 0 Å². The molecular weight excluding hydrogens is 409 g/mol. The lowest BCUT2D eigenvalue weighted by Crippen LogP contribution is -2.49. The number of rotatable bonds is 6. The molecule has 8 nitrogen and oxygen atoms in total. The predicted molar refractivity (Wildman–Crippen MR) is 115 cm³/mol. The molecule has 32 heavy (non-hydrogen) atoms. The molecule has 9 heteroatoms. The minimum atomic E-state index is -0.467. The summed E-state index contributed by atoms with van der Waals surface area (Å²) in [6, 6.07) is 12.7.